The van der Waals surface area contributed by atoms with E-state index in [0.29, 0.717) is 30.2 Å². The van der Waals surface area contributed by atoms with Gasteiger partial charge in [-0.05, 0) is 31.0 Å². The minimum Gasteiger partial charge on any atom is -0.497 e. The van der Waals surface area contributed by atoms with Crippen LogP contribution in [0, 0.1) is 0 Å². The molecule has 2 amide bonds. The molecule has 1 fully saturated rings. The summed E-state index contributed by atoms with van der Waals surface area (Å²) in [6.45, 7) is 1.01. The van der Waals surface area contributed by atoms with Crippen LogP contribution in [0.5, 0.6) is 11.5 Å². The number of benzene rings is 1. The molecule has 8 heteroatoms. The van der Waals surface area contributed by atoms with Gasteiger partial charge in [-0.1, -0.05) is 0 Å². The van der Waals surface area contributed by atoms with Crippen molar-refractivity contribution < 1.29 is 23.8 Å². The summed E-state index contributed by atoms with van der Waals surface area (Å²) in [5.74, 6) is -0.402. The lowest BCUT2D eigenvalue weighted by Gasteiger charge is -2.09. The molecule has 0 saturated carbocycles. The monoisotopic (exact) mass is 335 g/mol. The maximum Gasteiger partial charge on any atom is 0.329 e. The smallest absolute Gasteiger partial charge is 0.329 e. The molecule has 24 heavy (non-hydrogen) atoms. The van der Waals surface area contributed by atoms with Crippen LogP contribution in [0.2, 0.25) is 0 Å². The SMILES string of the molecule is COc1ccc(OC)c(/C=N\NC(=O)C(=O)NC[C@H]2CCCO2)c1. The molecule has 0 aromatic heterocycles. The average molecular weight is 335 g/mol. The van der Waals surface area contributed by atoms with Gasteiger partial charge in [0.15, 0.2) is 0 Å². The summed E-state index contributed by atoms with van der Waals surface area (Å²) in [6, 6.07) is 5.16. The van der Waals surface area contributed by atoms with Crippen molar-refractivity contribution in [3.63, 3.8) is 0 Å². The predicted octanol–water partition coefficient (Wildman–Crippen LogP) is 0.449. The molecule has 1 saturated heterocycles. The number of ether oxygens (including phenoxy) is 3. The fourth-order valence-corrected chi connectivity index (χ4v) is 2.24. The molecule has 130 valence electrons. The molecule has 1 aromatic rings. The molecule has 2 rings (SSSR count). The molecular formula is C16H21N3O5. The maximum atomic E-state index is 11.7. The Morgan fingerprint density at radius 1 is 1.33 bits per heavy atom. The van der Waals surface area contributed by atoms with Crippen molar-refractivity contribution in [2.75, 3.05) is 27.4 Å². The number of carbonyl (C=O) groups excluding carboxylic acids is 2. The van der Waals surface area contributed by atoms with E-state index in [2.05, 4.69) is 15.8 Å². The van der Waals surface area contributed by atoms with Gasteiger partial charge in [0.2, 0.25) is 0 Å². The fourth-order valence-electron chi connectivity index (χ4n) is 2.24. The number of hydrogen-bond acceptors (Lipinski definition) is 6. The van der Waals surface area contributed by atoms with Crippen molar-refractivity contribution in [1.82, 2.24) is 10.7 Å². The van der Waals surface area contributed by atoms with E-state index in [-0.39, 0.29) is 6.10 Å². The van der Waals surface area contributed by atoms with E-state index in [4.69, 9.17) is 14.2 Å². The summed E-state index contributed by atoms with van der Waals surface area (Å²) >= 11 is 0. The lowest BCUT2D eigenvalue weighted by Crippen LogP contribution is -2.41. The van der Waals surface area contributed by atoms with Crippen LogP contribution in [-0.2, 0) is 14.3 Å². The van der Waals surface area contributed by atoms with Gasteiger partial charge >= 0.3 is 11.8 Å². The van der Waals surface area contributed by atoms with Crippen LogP contribution in [0.25, 0.3) is 0 Å². The quantitative estimate of drug-likeness (QED) is 0.447. The highest BCUT2D eigenvalue weighted by Gasteiger charge is 2.18. The minimum absolute atomic E-state index is 0.0219. The maximum absolute atomic E-state index is 11.7. The molecule has 2 N–H and O–H groups in total. The van der Waals surface area contributed by atoms with Crippen LogP contribution >= 0.6 is 0 Å². The predicted molar refractivity (Wildman–Crippen MR) is 87.3 cm³/mol. The molecular weight excluding hydrogens is 314 g/mol. The zero-order valence-corrected chi connectivity index (χ0v) is 13.7. The summed E-state index contributed by atoms with van der Waals surface area (Å²) in [7, 11) is 3.07. The van der Waals surface area contributed by atoms with Crippen molar-refractivity contribution in [1.29, 1.82) is 0 Å². The van der Waals surface area contributed by atoms with Crippen LogP contribution in [0.15, 0.2) is 23.3 Å². The van der Waals surface area contributed by atoms with Crippen LogP contribution in [-0.4, -0.2) is 51.5 Å². The lowest BCUT2D eigenvalue weighted by molar-refractivity contribution is -0.139. The Hall–Kier alpha value is -2.61. The van der Waals surface area contributed by atoms with Crippen LogP contribution in [0.3, 0.4) is 0 Å². The Labute approximate surface area is 140 Å². The van der Waals surface area contributed by atoms with E-state index in [1.807, 2.05) is 0 Å². The highest BCUT2D eigenvalue weighted by molar-refractivity contribution is 6.35. The number of nitrogens with zero attached hydrogens (tertiary/aromatic N) is 1. The Morgan fingerprint density at radius 3 is 2.83 bits per heavy atom. The van der Waals surface area contributed by atoms with Crippen LogP contribution in [0.4, 0.5) is 0 Å². The molecule has 1 aliphatic rings. The normalized spacial score (nSPS) is 16.8. The van der Waals surface area contributed by atoms with Crippen LogP contribution in [0.1, 0.15) is 18.4 Å². The number of methoxy groups -OCH3 is 2. The summed E-state index contributed by atoms with van der Waals surface area (Å²) in [6.07, 6.45) is 3.22. The van der Waals surface area contributed by atoms with Crippen molar-refractivity contribution in [3.8, 4) is 11.5 Å². The highest BCUT2D eigenvalue weighted by Crippen LogP contribution is 2.22. The molecule has 0 spiro atoms. The van der Waals surface area contributed by atoms with E-state index >= 15 is 0 Å². The molecule has 1 aromatic carbocycles. The first-order chi connectivity index (χ1) is 11.6. The van der Waals surface area contributed by atoms with Crippen molar-refractivity contribution >= 4 is 18.0 Å². The molecule has 0 bridgehead atoms. The Kier molecular flexibility index (Phi) is 6.56. The molecule has 0 aliphatic carbocycles. The average Bonchev–Trinajstić information content (AvgIpc) is 3.12. The largest absolute Gasteiger partial charge is 0.497 e. The van der Waals surface area contributed by atoms with Crippen LogP contribution < -0.4 is 20.2 Å². The summed E-state index contributed by atoms with van der Waals surface area (Å²) in [4.78, 5) is 23.4. The van der Waals surface area contributed by atoms with E-state index in [1.165, 1.54) is 13.3 Å². The second kappa shape index (κ2) is 8.88. The van der Waals surface area contributed by atoms with E-state index in [1.54, 1.807) is 25.3 Å². The summed E-state index contributed by atoms with van der Waals surface area (Å²) < 4.78 is 15.7. The van der Waals surface area contributed by atoms with Crippen molar-refractivity contribution in [2.24, 2.45) is 5.10 Å². The third kappa shape index (κ3) is 4.95. The second-order valence-electron chi connectivity index (χ2n) is 5.15. The third-order valence-corrected chi connectivity index (χ3v) is 3.53. The number of hydrogen-bond donors (Lipinski definition) is 2. The van der Waals surface area contributed by atoms with Gasteiger partial charge in [0.05, 0.1) is 26.5 Å². The molecule has 0 radical (unpaired) electrons. The first-order valence-corrected chi connectivity index (χ1v) is 7.59. The second-order valence-corrected chi connectivity index (χ2v) is 5.15. The molecule has 8 nitrogen and oxygen atoms in total. The van der Waals surface area contributed by atoms with E-state index in [9.17, 15) is 9.59 Å². The molecule has 1 atom stereocenters. The Bertz CT molecular complexity index is 612. The number of hydrazone groups is 1. The van der Waals surface area contributed by atoms with Crippen molar-refractivity contribution in [2.45, 2.75) is 18.9 Å². The van der Waals surface area contributed by atoms with Gasteiger partial charge in [-0.2, -0.15) is 5.10 Å². The highest BCUT2D eigenvalue weighted by atomic mass is 16.5. The Balaban J connectivity index is 1.85. The van der Waals surface area contributed by atoms with E-state index < -0.39 is 11.8 Å². The van der Waals surface area contributed by atoms with Gasteiger partial charge in [0, 0.05) is 18.7 Å². The van der Waals surface area contributed by atoms with Crippen molar-refractivity contribution in [3.05, 3.63) is 23.8 Å². The summed E-state index contributed by atoms with van der Waals surface area (Å²) in [5, 5.41) is 6.29. The third-order valence-electron chi connectivity index (χ3n) is 3.53. The first kappa shape index (κ1) is 17.7. The molecule has 1 aliphatic heterocycles. The first-order valence-electron chi connectivity index (χ1n) is 7.59. The topological polar surface area (TPSA) is 98.3 Å². The number of amides is 2. The summed E-state index contributed by atoms with van der Waals surface area (Å²) in [5.41, 5.74) is 2.78. The fraction of sp³-hybridized carbons (Fsp3) is 0.438. The number of carbonyl (C=O) groups is 2. The zero-order valence-electron chi connectivity index (χ0n) is 13.7. The van der Waals surface area contributed by atoms with Gasteiger partial charge < -0.3 is 19.5 Å². The van der Waals surface area contributed by atoms with Gasteiger partial charge in [0.1, 0.15) is 11.5 Å². The zero-order chi connectivity index (χ0) is 17.4. The number of nitrogens with one attached hydrogen (secondary N) is 2. The van der Waals surface area contributed by atoms with Gasteiger partial charge in [-0.25, -0.2) is 5.43 Å². The number of rotatable bonds is 6. The van der Waals surface area contributed by atoms with Gasteiger partial charge in [-0.15, -0.1) is 0 Å². The Morgan fingerprint density at radius 2 is 2.17 bits per heavy atom. The molecule has 0 unspecified atom stereocenters. The lowest BCUT2D eigenvalue weighted by atomic mass is 10.2. The standard InChI is InChI=1S/C16H21N3O5/c1-22-12-5-6-14(23-2)11(8-12)9-18-19-16(21)15(20)17-10-13-4-3-7-24-13/h5-6,8-9,13H,3-4,7,10H2,1-2H3,(H,17,20)(H,19,21)/b18-9-/t13-/m1/s1. The molecule has 1 heterocycles. The van der Waals surface area contributed by atoms with Gasteiger partial charge in [0.25, 0.3) is 0 Å². The van der Waals surface area contributed by atoms with E-state index in [0.717, 1.165) is 12.8 Å². The minimum atomic E-state index is -0.842. The van der Waals surface area contributed by atoms with Gasteiger partial charge in [-0.3, -0.25) is 9.59 Å².